The first-order valence-corrected chi connectivity index (χ1v) is 10.8. The minimum atomic E-state index is -0.00670. The number of allylic oxidation sites excluding steroid dienone is 1. The average molecular weight is 405 g/mol. The van der Waals surface area contributed by atoms with Gasteiger partial charge in [-0.1, -0.05) is 78.5 Å². The summed E-state index contributed by atoms with van der Waals surface area (Å²) in [5.41, 5.74) is 3.19. The van der Waals surface area contributed by atoms with Gasteiger partial charge in [0.25, 0.3) is 5.56 Å². The summed E-state index contributed by atoms with van der Waals surface area (Å²) in [5, 5.41) is 3.64. The molecular weight excluding hydrogens is 384 g/mol. The Balaban J connectivity index is 1.83. The number of aromatic nitrogens is 2. The van der Waals surface area contributed by atoms with Crippen LogP contribution in [-0.4, -0.2) is 9.55 Å². The minimum Gasteiger partial charge on any atom is -0.283 e. The number of nitrogens with zero attached hydrogens (tertiary/aromatic N) is 2. The molecule has 2 aromatic heterocycles. The Kier molecular flexibility index (Phi) is 5.46. The molecule has 5 heteroatoms. The van der Waals surface area contributed by atoms with E-state index in [-0.39, 0.29) is 10.8 Å². The maximum absolute atomic E-state index is 13.4. The van der Waals surface area contributed by atoms with Crippen LogP contribution in [0.1, 0.15) is 17.7 Å². The van der Waals surface area contributed by atoms with Crippen molar-refractivity contribution in [2.24, 2.45) is 0 Å². The first kappa shape index (κ1) is 18.7. The van der Waals surface area contributed by atoms with Gasteiger partial charge in [-0.05, 0) is 18.1 Å². The Hall–Kier alpha value is -2.63. The van der Waals surface area contributed by atoms with Crippen LogP contribution >= 0.6 is 23.1 Å². The van der Waals surface area contributed by atoms with Crippen LogP contribution in [0.15, 0.2) is 88.6 Å². The van der Waals surface area contributed by atoms with Gasteiger partial charge >= 0.3 is 0 Å². The number of rotatable bonds is 6. The third-order valence-corrected chi connectivity index (χ3v) is 6.63. The fourth-order valence-electron chi connectivity index (χ4n) is 3.17. The molecule has 0 aliphatic heterocycles. The predicted octanol–water partition coefficient (Wildman–Crippen LogP) is 6.16. The van der Waals surface area contributed by atoms with Gasteiger partial charge in [-0.25, -0.2) is 4.98 Å². The van der Waals surface area contributed by atoms with Crippen LogP contribution in [-0.2, 0) is 6.54 Å². The molecule has 0 amide bonds. The van der Waals surface area contributed by atoms with Gasteiger partial charge < -0.3 is 0 Å². The van der Waals surface area contributed by atoms with E-state index in [9.17, 15) is 4.79 Å². The number of hydrogen-bond acceptors (Lipinski definition) is 4. The maximum atomic E-state index is 13.4. The van der Waals surface area contributed by atoms with Gasteiger partial charge in [0, 0.05) is 22.7 Å². The molecule has 0 aliphatic carbocycles. The van der Waals surface area contributed by atoms with Gasteiger partial charge in [0.1, 0.15) is 4.83 Å². The molecular formula is C23H20N2OS2. The van der Waals surface area contributed by atoms with E-state index in [0.717, 1.165) is 21.1 Å². The standard InChI is InChI=1S/C23H20N2OS2/c1-3-14-25-22(26)20-19(18-12-8-5-9-13-18)15-27-21(20)24-23(25)28-16(2)17-10-6-4-7-11-17/h3-13,15-16H,1,14H2,2H3. The lowest BCUT2D eigenvalue weighted by Gasteiger charge is -2.15. The molecule has 0 spiro atoms. The van der Waals surface area contributed by atoms with Crippen molar-refractivity contribution in [2.45, 2.75) is 23.9 Å². The number of thiophene rings is 1. The van der Waals surface area contributed by atoms with Gasteiger partial charge in [-0.3, -0.25) is 9.36 Å². The zero-order chi connectivity index (χ0) is 19.5. The summed E-state index contributed by atoms with van der Waals surface area (Å²) in [6.45, 7) is 6.41. The number of hydrogen-bond donors (Lipinski definition) is 0. The number of thioether (sulfide) groups is 1. The van der Waals surface area contributed by atoms with Crippen LogP contribution in [0.5, 0.6) is 0 Å². The predicted molar refractivity (Wildman–Crippen MR) is 120 cm³/mol. The zero-order valence-corrected chi connectivity index (χ0v) is 17.2. The molecule has 3 nitrogen and oxygen atoms in total. The molecule has 0 radical (unpaired) electrons. The summed E-state index contributed by atoms with van der Waals surface area (Å²) in [4.78, 5) is 19.0. The van der Waals surface area contributed by atoms with Crippen LogP contribution in [0.2, 0.25) is 0 Å². The maximum Gasteiger partial charge on any atom is 0.263 e. The van der Waals surface area contributed by atoms with Gasteiger partial charge in [0.15, 0.2) is 5.16 Å². The highest BCUT2D eigenvalue weighted by atomic mass is 32.2. The lowest BCUT2D eigenvalue weighted by atomic mass is 10.1. The largest absolute Gasteiger partial charge is 0.283 e. The molecule has 0 aliphatic rings. The van der Waals surface area contributed by atoms with E-state index in [0.29, 0.717) is 11.9 Å². The average Bonchev–Trinajstić information content (AvgIpc) is 3.16. The molecule has 140 valence electrons. The van der Waals surface area contributed by atoms with Crippen molar-refractivity contribution in [3.8, 4) is 11.1 Å². The lowest BCUT2D eigenvalue weighted by Crippen LogP contribution is -2.22. The first-order valence-electron chi connectivity index (χ1n) is 9.09. The Bertz CT molecular complexity index is 1160. The molecule has 0 saturated carbocycles. The molecule has 0 saturated heterocycles. The van der Waals surface area contributed by atoms with Crippen molar-refractivity contribution in [3.63, 3.8) is 0 Å². The van der Waals surface area contributed by atoms with Crippen molar-refractivity contribution in [3.05, 3.63) is 94.6 Å². The molecule has 2 heterocycles. The number of benzene rings is 2. The van der Waals surface area contributed by atoms with Crippen molar-refractivity contribution >= 4 is 33.3 Å². The van der Waals surface area contributed by atoms with Crippen LogP contribution in [0.4, 0.5) is 0 Å². The van der Waals surface area contributed by atoms with E-state index >= 15 is 0 Å². The van der Waals surface area contributed by atoms with Crippen LogP contribution < -0.4 is 5.56 Å². The van der Waals surface area contributed by atoms with Crippen molar-refractivity contribution in [2.75, 3.05) is 0 Å². The summed E-state index contributed by atoms with van der Waals surface area (Å²) in [6.07, 6.45) is 1.75. The molecule has 0 N–H and O–H groups in total. The molecule has 0 bridgehead atoms. The molecule has 1 unspecified atom stereocenters. The Morgan fingerprint density at radius 1 is 1.14 bits per heavy atom. The third-order valence-electron chi connectivity index (χ3n) is 4.61. The Morgan fingerprint density at radius 3 is 2.50 bits per heavy atom. The second-order valence-corrected chi connectivity index (χ2v) is 8.63. The minimum absolute atomic E-state index is 0.00670. The molecule has 0 fully saturated rings. The fourth-order valence-corrected chi connectivity index (χ4v) is 5.20. The first-order chi connectivity index (χ1) is 13.7. The number of fused-ring (bicyclic) bond motifs is 1. The Labute approximate surface area is 172 Å². The van der Waals surface area contributed by atoms with E-state index in [1.54, 1.807) is 22.4 Å². The molecule has 2 aromatic carbocycles. The third kappa shape index (κ3) is 3.55. The lowest BCUT2D eigenvalue weighted by molar-refractivity contribution is 0.671. The highest BCUT2D eigenvalue weighted by Gasteiger charge is 2.19. The van der Waals surface area contributed by atoms with E-state index in [1.807, 2.05) is 53.9 Å². The van der Waals surface area contributed by atoms with Crippen LogP contribution in [0.25, 0.3) is 21.3 Å². The second-order valence-electron chi connectivity index (χ2n) is 6.47. The summed E-state index contributed by atoms with van der Waals surface area (Å²) in [7, 11) is 0. The van der Waals surface area contributed by atoms with E-state index < -0.39 is 0 Å². The van der Waals surface area contributed by atoms with E-state index in [4.69, 9.17) is 4.98 Å². The monoisotopic (exact) mass is 404 g/mol. The second kappa shape index (κ2) is 8.17. The van der Waals surface area contributed by atoms with E-state index in [1.165, 1.54) is 16.9 Å². The van der Waals surface area contributed by atoms with Crippen LogP contribution in [0.3, 0.4) is 0 Å². The zero-order valence-electron chi connectivity index (χ0n) is 15.5. The van der Waals surface area contributed by atoms with Crippen LogP contribution in [0, 0.1) is 0 Å². The van der Waals surface area contributed by atoms with Crippen molar-refractivity contribution in [1.82, 2.24) is 9.55 Å². The quantitative estimate of drug-likeness (QED) is 0.219. The highest BCUT2D eigenvalue weighted by molar-refractivity contribution is 7.99. The summed E-state index contributed by atoms with van der Waals surface area (Å²) >= 11 is 3.13. The summed E-state index contributed by atoms with van der Waals surface area (Å²) in [6, 6.07) is 20.3. The molecule has 1 atom stereocenters. The van der Waals surface area contributed by atoms with Gasteiger partial charge in [0.2, 0.25) is 0 Å². The van der Waals surface area contributed by atoms with Crippen molar-refractivity contribution < 1.29 is 0 Å². The smallest absolute Gasteiger partial charge is 0.263 e. The SMILES string of the molecule is C=CCn1c(SC(C)c2ccccc2)nc2scc(-c3ccccc3)c2c1=O. The Morgan fingerprint density at radius 2 is 1.82 bits per heavy atom. The molecule has 4 aromatic rings. The van der Waals surface area contributed by atoms with Crippen molar-refractivity contribution in [1.29, 1.82) is 0 Å². The fraction of sp³-hybridized carbons (Fsp3) is 0.130. The highest BCUT2D eigenvalue weighted by Crippen LogP contribution is 2.36. The van der Waals surface area contributed by atoms with Gasteiger partial charge in [-0.15, -0.1) is 17.9 Å². The van der Waals surface area contributed by atoms with E-state index in [2.05, 4.69) is 25.6 Å². The summed E-state index contributed by atoms with van der Waals surface area (Å²) < 4.78 is 1.73. The molecule has 4 rings (SSSR count). The summed E-state index contributed by atoms with van der Waals surface area (Å²) in [5.74, 6) is 0. The van der Waals surface area contributed by atoms with Gasteiger partial charge in [0.05, 0.1) is 5.39 Å². The topological polar surface area (TPSA) is 34.9 Å². The normalized spacial score (nSPS) is 12.2. The molecule has 28 heavy (non-hydrogen) atoms. The van der Waals surface area contributed by atoms with Gasteiger partial charge in [-0.2, -0.15) is 0 Å².